The monoisotopic (exact) mass is 382 g/mol. The van der Waals surface area contributed by atoms with Crippen LogP contribution >= 0.6 is 0 Å². The minimum atomic E-state index is -0.295. The molecular weight excluding hydrogens is 359 g/mol. The summed E-state index contributed by atoms with van der Waals surface area (Å²) in [6.07, 6.45) is 5.07. The Morgan fingerprint density at radius 2 is 1.71 bits per heavy atom. The van der Waals surface area contributed by atoms with Crippen LogP contribution in [0.15, 0.2) is 53.7 Å². The van der Waals surface area contributed by atoms with E-state index in [0.717, 1.165) is 16.7 Å². The molecule has 5 nitrogen and oxygen atoms in total. The number of ether oxygens (including phenoxy) is 2. The van der Waals surface area contributed by atoms with E-state index < -0.39 is 0 Å². The Labute approximate surface area is 164 Å². The molecule has 0 fully saturated rings. The van der Waals surface area contributed by atoms with Gasteiger partial charge in [-0.3, -0.25) is 4.79 Å². The standard InChI is InChI=1S/C22H23FN2O3/c1-3-27-19-12-16(14-25-11-5-10-24-21(26)15-25)13-20(28-4-2)22(19)17-6-8-18(23)9-7-17/h5-13H,3-4,14-15H2,1-2H3. The molecule has 1 heterocycles. The maximum atomic E-state index is 13.4. The Balaban J connectivity index is 2.00. The Morgan fingerprint density at radius 1 is 1.07 bits per heavy atom. The smallest absolute Gasteiger partial charge is 0.265 e. The first-order valence-electron chi connectivity index (χ1n) is 9.27. The molecule has 0 saturated carbocycles. The molecule has 0 unspecified atom stereocenters. The SMILES string of the molecule is CCOc1cc(CN2C=CC=NC(=O)C2)cc(OCC)c1-c1ccc(F)cc1. The number of amides is 1. The second-order valence-corrected chi connectivity index (χ2v) is 6.26. The van der Waals surface area contributed by atoms with Crippen LogP contribution in [-0.2, 0) is 11.3 Å². The number of nitrogens with zero attached hydrogens (tertiary/aromatic N) is 2. The molecule has 1 aliphatic rings. The second kappa shape index (κ2) is 9.17. The van der Waals surface area contributed by atoms with Crippen molar-refractivity contribution in [2.75, 3.05) is 19.8 Å². The lowest BCUT2D eigenvalue weighted by Crippen LogP contribution is -2.22. The van der Waals surface area contributed by atoms with Gasteiger partial charge in [0.05, 0.1) is 25.3 Å². The molecule has 0 N–H and O–H groups in total. The summed E-state index contributed by atoms with van der Waals surface area (Å²) in [5.74, 6) is 0.840. The zero-order valence-electron chi connectivity index (χ0n) is 16.0. The van der Waals surface area contributed by atoms with Crippen molar-refractivity contribution in [3.05, 3.63) is 60.1 Å². The number of hydrogen-bond acceptors (Lipinski definition) is 4. The molecule has 0 radical (unpaired) electrons. The van der Waals surface area contributed by atoms with Gasteiger partial charge in [-0.05, 0) is 55.3 Å². The van der Waals surface area contributed by atoms with Gasteiger partial charge >= 0.3 is 0 Å². The lowest BCUT2D eigenvalue weighted by molar-refractivity contribution is -0.118. The highest BCUT2D eigenvalue weighted by atomic mass is 19.1. The maximum absolute atomic E-state index is 13.4. The summed E-state index contributed by atoms with van der Waals surface area (Å²) in [6.45, 7) is 5.51. The number of rotatable bonds is 7. The Morgan fingerprint density at radius 3 is 2.32 bits per heavy atom. The minimum Gasteiger partial charge on any atom is -0.493 e. The summed E-state index contributed by atoms with van der Waals surface area (Å²) in [5.41, 5.74) is 2.55. The first-order chi connectivity index (χ1) is 13.6. The summed E-state index contributed by atoms with van der Waals surface area (Å²) < 4.78 is 25.1. The van der Waals surface area contributed by atoms with Gasteiger partial charge in [-0.25, -0.2) is 9.38 Å². The zero-order chi connectivity index (χ0) is 19.9. The van der Waals surface area contributed by atoms with Gasteiger partial charge in [-0.15, -0.1) is 0 Å². The van der Waals surface area contributed by atoms with Crippen molar-refractivity contribution in [2.45, 2.75) is 20.4 Å². The number of allylic oxidation sites excluding steroid dienone is 1. The number of carbonyl (C=O) groups is 1. The van der Waals surface area contributed by atoms with Crippen LogP contribution in [0.25, 0.3) is 11.1 Å². The molecule has 0 atom stereocenters. The van der Waals surface area contributed by atoms with Crippen LogP contribution in [0, 0.1) is 5.82 Å². The van der Waals surface area contributed by atoms with Crippen LogP contribution in [-0.4, -0.2) is 36.8 Å². The molecule has 1 amide bonds. The number of hydrogen-bond donors (Lipinski definition) is 0. The van der Waals surface area contributed by atoms with Crippen molar-refractivity contribution in [1.82, 2.24) is 4.90 Å². The van der Waals surface area contributed by atoms with Crippen LogP contribution in [0.5, 0.6) is 11.5 Å². The van der Waals surface area contributed by atoms with Crippen molar-refractivity contribution in [3.8, 4) is 22.6 Å². The number of carbonyl (C=O) groups excluding carboxylic acids is 1. The van der Waals surface area contributed by atoms with E-state index in [1.54, 1.807) is 18.2 Å². The van der Waals surface area contributed by atoms with Gasteiger partial charge < -0.3 is 14.4 Å². The molecule has 28 heavy (non-hydrogen) atoms. The van der Waals surface area contributed by atoms with E-state index in [1.807, 2.05) is 37.1 Å². The van der Waals surface area contributed by atoms with E-state index >= 15 is 0 Å². The molecule has 1 aliphatic heterocycles. The van der Waals surface area contributed by atoms with Crippen molar-refractivity contribution < 1.29 is 18.7 Å². The van der Waals surface area contributed by atoms with E-state index in [0.29, 0.717) is 31.3 Å². The van der Waals surface area contributed by atoms with Gasteiger partial charge in [0.25, 0.3) is 5.91 Å². The largest absolute Gasteiger partial charge is 0.493 e. The van der Waals surface area contributed by atoms with Crippen molar-refractivity contribution in [3.63, 3.8) is 0 Å². The zero-order valence-corrected chi connectivity index (χ0v) is 16.0. The molecule has 0 spiro atoms. The van der Waals surface area contributed by atoms with E-state index in [9.17, 15) is 9.18 Å². The van der Waals surface area contributed by atoms with Crippen molar-refractivity contribution in [1.29, 1.82) is 0 Å². The summed E-state index contributed by atoms with van der Waals surface area (Å²) in [4.78, 5) is 17.4. The third-order valence-electron chi connectivity index (χ3n) is 4.18. The van der Waals surface area contributed by atoms with Gasteiger partial charge in [-0.1, -0.05) is 12.1 Å². The third kappa shape index (κ3) is 4.76. The van der Waals surface area contributed by atoms with Gasteiger partial charge in [-0.2, -0.15) is 0 Å². The number of benzene rings is 2. The van der Waals surface area contributed by atoms with E-state index in [2.05, 4.69) is 4.99 Å². The lowest BCUT2D eigenvalue weighted by atomic mass is 10.0. The molecule has 2 aromatic carbocycles. The number of aliphatic imine (C=N–C) groups is 1. The molecule has 146 valence electrons. The topological polar surface area (TPSA) is 51.1 Å². The minimum absolute atomic E-state index is 0.192. The molecule has 0 aliphatic carbocycles. The molecule has 3 rings (SSSR count). The Bertz CT molecular complexity index is 864. The lowest BCUT2D eigenvalue weighted by Gasteiger charge is -2.21. The molecule has 2 aromatic rings. The first-order valence-corrected chi connectivity index (χ1v) is 9.27. The highest BCUT2D eigenvalue weighted by Gasteiger charge is 2.17. The van der Waals surface area contributed by atoms with Gasteiger partial charge in [0.2, 0.25) is 0 Å². The second-order valence-electron chi connectivity index (χ2n) is 6.26. The summed E-state index contributed by atoms with van der Waals surface area (Å²) in [5, 5.41) is 0. The first kappa shape index (κ1) is 19.6. The van der Waals surface area contributed by atoms with Crippen LogP contribution in [0.4, 0.5) is 4.39 Å². The van der Waals surface area contributed by atoms with E-state index in [1.165, 1.54) is 18.3 Å². The predicted octanol–water partition coefficient (Wildman–Crippen LogP) is 4.22. The Hall–Kier alpha value is -3.15. The average Bonchev–Trinajstić information content (AvgIpc) is 2.87. The Kier molecular flexibility index (Phi) is 6.42. The van der Waals surface area contributed by atoms with Crippen LogP contribution in [0.2, 0.25) is 0 Å². The van der Waals surface area contributed by atoms with Gasteiger partial charge in [0.15, 0.2) is 0 Å². The third-order valence-corrected chi connectivity index (χ3v) is 4.18. The predicted molar refractivity (Wildman–Crippen MR) is 107 cm³/mol. The number of halogens is 1. The van der Waals surface area contributed by atoms with Gasteiger partial charge in [0, 0.05) is 19.0 Å². The van der Waals surface area contributed by atoms with Gasteiger partial charge in [0.1, 0.15) is 17.3 Å². The molecule has 0 bridgehead atoms. The normalized spacial score (nSPS) is 13.5. The van der Waals surface area contributed by atoms with Crippen molar-refractivity contribution in [2.24, 2.45) is 4.99 Å². The van der Waals surface area contributed by atoms with E-state index in [-0.39, 0.29) is 18.3 Å². The molecular formula is C22H23FN2O3. The maximum Gasteiger partial charge on any atom is 0.265 e. The fourth-order valence-corrected chi connectivity index (χ4v) is 3.07. The molecule has 0 aromatic heterocycles. The molecule has 0 saturated heterocycles. The summed E-state index contributed by atoms with van der Waals surface area (Å²) >= 11 is 0. The van der Waals surface area contributed by atoms with Crippen molar-refractivity contribution >= 4 is 12.1 Å². The van der Waals surface area contributed by atoms with Crippen LogP contribution in [0.1, 0.15) is 19.4 Å². The van der Waals surface area contributed by atoms with Crippen LogP contribution < -0.4 is 9.47 Å². The molecule has 6 heteroatoms. The summed E-state index contributed by atoms with van der Waals surface area (Å²) in [6, 6.07) is 10.1. The highest BCUT2D eigenvalue weighted by molar-refractivity contribution is 5.90. The fourth-order valence-electron chi connectivity index (χ4n) is 3.07. The fraction of sp³-hybridized carbons (Fsp3) is 0.273. The summed E-state index contributed by atoms with van der Waals surface area (Å²) in [7, 11) is 0. The average molecular weight is 382 g/mol. The van der Waals surface area contributed by atoms with Crippen LogP contribution in [0.3, 0.4) is 0 Å². The highest BCUT2D eigenvalue weighted by Crippen LogP contribution is 2.40. The quantitative estimate of drug-likeness (QED) is 0.720. The van der Waals surface area contributed by atoms with E-state index in [4.69, 9.17) is 9.47 Å².